The molecule has 0 aromatic heterocycles. The SMILES string of the molecule is CN(/C(N)=C/C=C(\N)c1cc(Cl)c(/C(C=N)=C/N)cc1O)C1CC(C)(C)NC(C)(C)C1. The fourth-order valence-corrected chi connectivity index (χ4v) is 4.64. The Bertz CT molecular complexity index is 916. The number of hydrogen-bond acceptors (Lipinski definition) is 7. The van der Waals surface area contributed by atoms with Crippen LogP contribution in [0.1, 0.15) is 51.7 Å². The average molecular weight is 447 g/mol. The highest BCUT2D eigenvalue weighted by molar-refractivity contribution is 6.34. The van der Waals surface area contributed by atoms with Crippen LogP contribution in [0.3, 0.4) is 0 Å². The van der Waals surface area contributed by atoms with Gasteiger partial charge >= 0.3 is 0 Å². The van der Waals surface area contributed by atoms with E-state index in [1.807, 2.05) is 7.05 Å². The van der Waals surface area contributed by atoms with Crippen LogP contribution in [0.5, 0.6) is 5.75 Å². The predicted octanol–water partition coefficient (Wildman–Crippen LogP) is 3.34. The lowest BCUT2D eigenvalue weighted by molar-refractivity contribution is 0.0981. The molecule has 31 heavy (non-hydrogen) atoms. The lowest BCUT2D eigenvalue weighted by Crippen LogP contribution is -2.61. The minimum absolute atomic E-state index is 0.00736. The van der Waals surface area contributed by atoms with Gasteiger partial charge < -0.3 is 37.9 Å². The first-order chi connectivity index (χ1) is 14.3. The van der Waals surface area contributed by atoms with Crippen LogP contribution in [-0.2, 0) is 0 Å². The Labute approximate surface area is 190 Å². The zero-order chi connectivity index (χ0) is 23.6. The van der Waals surface area contributed by atoms with Gasteiger partial charge in [-0.25, -0.2) is 0 Å². The number of halogens is 1. The molecule has 0 atom stereocenters. The third kappa shape index (κ3) is 5.95. The molecule has 170 valence electrons. The number of hydrogen-bond donors (Lipinski definition) is 6. The minimum atomic E-state index is -0.0588. The Morgan fingerprint density at radius 1 is 1.16 bits per heavy atom. The monoisotopic (exact) mass is 446 g/mol. The van der Waals surface area contributed by atoms with Gasteiger partial charge in [0.25, 0.3) is 0 Å². The second-order valence-electron chi connectivity index (χ2n) is 9.39. The van der Waals surface area contributed by atoms with Crippen molar-refractivity contribution in [2.75, 3.05) is 7.05 Å². The van der Waals surface area contributed by atoms with Gasteiger partial charge in [0.15, 0.2) is 0 Å². The van der Waals surface area contributed by atoms with Gasteiger partial charge in [-0.05, 0) is 64.8 Å². The summed E-state index contributed by atoms with van der Waals surface area (Å²) in [5, 5.41) is 21.8. The van der Waals surface area contributed by atoms with Gasteiger partial charge in [0.05, 0.1) is 5.82 Å². The van der Waals surface area contributed by atoms with Gasteiger partial charge in [-0.1, -0.05) is 11.6 Å². The van der Waals surface area contributed by atoms with Crippen LogP contribution in [0.25, 0.3) is 11.3 Å². The van der Waals surface area contributed by atoms with Crippen LogP contribution in [0.4, 0.5) is 0 Å². The lowest BCUT2D eigenvalue weighted by atomic mass is 9.79. The zero-order valence-corrected chi connectivity index (χ0v) is 19.7. The largest absolute Gasteiger partial charge is 0.507 e. The number of nitrogens with two attached hydrogens (primary N) is 3. The van der Waals surface area contributed by atoms with E-state index in [1.165, 1.54) is 12.3 Å². The molecule has 1 aromatic rings. The van der Waals surface area contributed by atoms with Crippen LogP contribution in [-0.4, -0.2) is 40.4 Å². The number of allylic oxidation sites excluding steroid dienone is 3. The fraction of sp³-hybridized carbons (Fsp3) is 0.435. The number of phenolic OH excluding ortho intramolecular Hbond substituents is 1. The molecule has 1 saturated heterocycles. The summed E-state index contributed by atoms with van der Waals surface area (Å²) in [7, 11) is 1.99. The minimum Gasteiger partial charge on any atom is -0.507 e. The Balaban J connectivity index is 2.27. The third-order valence-corrected chi connectivity index (χ3v) is 5.91. The number of benzene rings is 1. The molecule has 0 bridgehead atoms. The molecule has 0 amide bonds. The standard InChI is InChI=1S/C23H35ClN6O/c1-22(2)10-15(11-23(3,4)29-22)30(5)21(28)7-6-19(27)17-8-18(24)16(9-20(17)31)14(12-25)13-26/h6-9,12-13,15,25,29,31H,10-11,26-28H2,1-5H3/b14-13+,19-6-,21-7+,25-12?. The lowest BCUT2D eigenvalue weighted by Gasteiger charge is -2.49. The van der Waals surface area contributed by atoms with Crippen molar-refractivity contribution in [1.29, 1.82) is 5.41 Å². The van der Waals surface area contributed by atoms with Gasteiger partial charge in [0.1, 0.15) is 5.75 Å². The molecule has 0 spiro atoms. The van der Waals surface area contributed by atoms with E-state index >= 15 is 0 Å². The predicted molar refractivity (Wildman–Crippen MR) is 131 cm³/mol. The molecule has 2 rings (SSSR count). The van der Waals surface area contributed by atoms with E-state index in [4.69, 9.17) is 34.2 Å². The molecule has 1 heterocycles. The van der Waals surface area contributed by atoms with Crippen LogP contribution in [0.2, 0.25) is 5.02 Å². The molecule has 8 heteroatoms. The maximum absolute atomic E-state index is 10.4. The molecule has 9 N–H and O–H groups in total. The third-order valence-electron chi connectivity index (χ3n) is 5.60. The highest BCUT2D eigenvalue weighted by atomic mass is 35.5. The second-order valence-corrected chi connectivity index (χ2v) is 9.80. The molecule has 1 fully saturated rings. The molecule has 7 nitrogen and oxygen atoms in total. The van der Waals surface area contributed by atoms with E-state index in [-0.39, 0.29) is 22.9 Å². The van der Waals surface area contributed by atoms with Crippen molar-refractivity contribution in [2.45, 2.75) is 57.7 Å². The van der Waals surface area contributed by atoms with Crippen molar-refractivity contribution >= 4 is 29.1 Å². The first kappa shape index (κ1) is 24.6. The van der Waals surface area contributed by atoms with Crippen molar-refractivity contribution in [3.8, 4) is 5.75 Å². The molecule has 1 aliphatic heterocycles. The highest BCUT2D eigenvalue weighted by Crippen LogP contribution is 2.33. The van der Waals surface area contributed by atoms with Crippen molar-refractivity contribution in [3.63, 3.8) is 0 Å². The molecule has 0 unspecified atom stereocenters. The number of nitrogens with zero attached hydrogens (tertiary/aromatic N) is 1. The van der Waals surface area contributed by atoms with Crippen molar-refractivity contribution in [1.82, 2.24) is 10.2 Å². The highest BCUT2D eigenvalue weighted by Gasteiger charge is 2.39. The summed E-state index contributed by atoms with van der Waals surface area (Å²) in [6.07, 6.45) is 7.65. The van der Waals surface area contributed by atoms with Crippen molar-refractivity contribution < 1.29 is 5.11 Å². The summed E-state index contributed by atoms with van der Waals surface area (Å²) >= 11 is 6.32. The van der Waals surface area contributed by atoms with Gasteiger partial charge in [0.2, 0.25) is 0 Å². The Morgan fingerprint density at radius 3 is 2.26 bits per heavy atom. The summed E-state index contributed by atoms with van der Waals surface area (Å²) in [6, 6.07) is 3.28. The number of nitrogens with one attached hydrogen (secondary N) is 2. The van der Waals surface area contributed by atoms with E-state index in [0.29, 0.717) is 33.2 Å². The zero-order valence-electron chi connectivity index (χ0n) is 19.0. The molecule has 0 aliphatic carbocycles. The molecule has 1 aliphatic rings. The molecular formula is C23H35ClN6O. The molecule has 0 radical (unpaired) electrons. The van der Waals surface area contributed by atoms with E-state index < -0.39 is 0 Å². The summed E-state index contributed by atoms with van der Waals surface area (Å²) in [5.74, 6) is 0.525. The number of aromatic hydroxyl groups is 1. The first-order valence-corrected chi connectivity index (χ1v) is 10.6. The Kier molecular flexibility index (Phi) is 7.34. The van der Waals surface area contributed by atoms with Gasteiger partial charge in [-0.2, -0.15) is 0 Å². The van der Waals surface area contributed by atoms with Gasteiger partial charge in [0, 0.05) is 64.0 Å². The normalized spacial score (nSPS) is 19.9. The van der Waals surface area contributed by atoms with Crippen LogP contribution in [0.15, 0.2) is 36.3 Å². The van der Waals surface area contributed by atoms with Gasteiger partial charge in [-0.15, -0.1) is 0 Å². The number of piperidine rings is 1. The summed E-state index contributed by atoms with van der Waals surface area (Å²) in [6.45, 7) is 8.80. The maximum atomic E-state index is 10.4. The molecular weight excluding hydrogens is 412 g/mol. The average Bonchev–Trinajstić information content (AvgIpc) is 2.66. The molecule has 0 saturated carbocycles. The summed E-state index contributed by atoms with van der Waals surface area (Å²) in [5.41, 5.74) is 19.6. The smallest absolute Gasteiger partial charge is 0.125 e. The van der Waals surface area contributed by atoms with Crippen LogP contribution < -0.4 is 22.5 Å². The molecule has 1 aromatic carbocycles. The fourth-order valence-electron chi connectivity index (χ4n) is 4.37. The maximum Gasteiger partial charge on any atom is 0.125 e. The summed E-state index contributed by atoms with van der Waals surface area (Å²) in [4.78, 5) is 2.08. The topological polar surface area (TPSA) is 137 Å². The number of phenols is 1. The first-order valence-electron chi connectivity index (χ1n) is 10.2. The van der Waals surface area contributed by atoms with E-state index in [0.717, 1.165) is 19.1 Å². The number of rotatable bonds is 6. The Morgan fingerprint density at radius 2 is 1.74 bits per heavy atom. The Hall–Kier alpha value is -2.64. The van der Waals surface area contributed by atoms with Crippen LogP contribution >= 0.6 is 11.6 Å². The van der Waals surface area contributed by atoms with E-state index in [2.05, 4.69) is 37.9 Å². The summed E-state index contributed by atoms with van der Waals surface area (Å²) < 4.78 is 0. The quantitative estimate of drug-likeness (QED) is 0.293. The van der Waals surface area contributed by atoms with Crippen LogP contribution in [0, 0.1) is 5.41 Å². The van der Waals surface area contributed by atoms with E-state index in [1.54, 1.807) is 18.2 Å². The van der Waals surface area contributed by atoms with Gasteiger partial charge in [-0.3, -0.25) is 0 Å². The van der Waals surface area contributed by atoms with E-state index in [9.17, 15) is 5.11 Å². The van der Waals surface area contributed by atoms with Crippen molar-refractivity contribution in [3.05, 3.63) is 52.5 Å². The van der Waals surface area contributed by atoms with Crippen molar-refractivity contribution in [2.24, 2.45) is 17.2 Å². The second kappa shape index (κ2) is 9.24.